The summed E-state index contributed by atoms with van der Waals surface area (Å²) in [5, 5.41) is 16.0. The number of para-hydroxylation sites is 1. The molecule has 4 nitrogen and oxygen atoms in total. The van der Waals surface area contributed by atoms with Crippen LogP contribution in [0.25, 0.3) is 0 Å². The summed E-state index contributed by atoms with van der Waals surface area (Å²) in [7, 11) is 0. The second kappa shape index (κ2) is 6.65. The van der Waals surface area contributed by atoms with Crippen molar-refractivity contribution >= 4 is 11.7 Å². The molecular formula is C20H24N2O2. The van der Waals surface area contributed by atoms with E-state index in [1.807, 2.05) is 43.3 Å². The van der Waals surface area contributed by atoms with Crippen molar-refractivity contribution in [3.8, 4) is 0 Å². The molecule has 0 aliphatic heterocycles. The monoisotopic (exact) mass is 324 g/mol. The third kappa shape index (κ3) is 2.89. The summed E-state index contributed by atoms with van der Waals surface area (Å²) in [5.41, 5.74) is 4.51. The van der Waals surface area contributed by atoms with Crippen LogP contribution < -0.4 is 10.6 Å². The number of hydrogen-bond donors (Lipinski definition) is 3. The fourth-order valence-electron chi connectivity index (χ4n) is 3.59. The van der Waals surface area contributed by atoms with Crippen LogP contribution in [0.3, 0.4) is 0 Å². The zero-order chi connectivity index (χ0) is 17.2. The number of hydrogen-bond acceptors (Lipinski definition) is 2. The molecule has 0 fully saturated rings. The summed E-state index contributed by atoms with van der Waals surface area (Å²) in [6.45, 7) is 3.95. The first-order valence-electron chi connectivity index (χ1n) is 8.46. The molecule has 1 aliphatic rings. The first-order chi connectivity index (χ1) is 11.6. The molecule has 126 valence electrons. The lowest BCUT2D eigenvalue weighted by Crippen LogP contribution is -2.49. The molecular weight excluding hydrogens is 300 g/mol. The molecule has 0 bridgehead atoms. The third-order valence-electron chi connectivity index (χ3n) is 4.96. The summed E-state index contributed by atoms with van der Waals surface area (Å²) in [4.78, 5) is 12.6. The summed E-state index contributed by atoms with van der Waals surface area (Å²) >= 11 is 0. The molecule has 0 heterocycles. The van der Waals surface area contributed by atoms with E-state index in [9.17, 15) is 9.90 Å². The lowest BCUT2D eigenvalue weighted by atomic mass is 9.93. The van der Waals surface area contributed by atoms with Gasteiger partial charge in [-0.15, -0.1) is 0 Å². The second-order valence-electron chi connectivity index (χ2n) is 6.44. The van der Waals surface area contributed by atoms with Crippen LogP contribution in [-0.2, 0) is 18.4 Å². The van der Waals surface area contributed by atoms with Crippen LogP contribution in [0.5, 0.6) is 0 Å². The number of aryl methyl sites for hydroxylation is 3. The molecule has 1 unspecified atom stereocenters. The smallest absolute Gasteiger partial charge is 0.320 e. The van der Waals surface area contributed by atoms with Crippen molar-refractivity contribution < 1.29 is 9.90 Å². The van der Waals surface area contributed by atoms with E-state index < -0.39 is 5.54 Å². The van der Waals surface area contributed by atoms with Gasteiger partial charge < -0.3 is 15.7 Å². The van der Waals surface area contributed by atoms with Gasteiger partial charge in [0.2, 0.25) is 0 Å². The molecule has 2 aromatic rings. The fraction of sp³-hybridized carbons (Fsp3) is 0.350. The normalized spacial score (nSPS) is 19.0. The molecule has 0 saturated heterocycles. The van der Waals surface area contributed by atoms with E-state index >= 15 is 0 Å². The van der Waals surface area contributed by atoms with Gasteiger partial charge in [-0.25, -0.2) is 4.79 Å². The van der Waals surface area contributed by atoms with Crippen molar-refractivity contribution in [2.24, 2.45) is 0 Å². The van der Waals surface area contributed by atoms with Gasteiger partial charge >= 0.3 is 6.03 Å². The van der Waals surface area contributed by atoms with E-state index in [0.717, 1.165) is 35.2 Å². The van der Waals surface area contributed by atoms with Crippen molar-refractivity contribution in [2.75, 3.05) is 11.9 Å². The van der Waals surface area contributed by atoms with Crippen LogP contribution in [-0.4, -0.2) is 17.7 Å². The van der Waals surface area contributed by atoms with Crippen LogP contribution in [0.1, 0.15) is 35.6 Å². The topological polar surface area (TPSA) is 61.4 Å². The van der Waals surface area contributed by atoms with Crippen molar-refractivity contribution in [2.45, 2.75) is 38.6 Å². The number of benzene rings is 2. The third-order valence-corrected chi connectivity index (χ3v) is 4.96. The van der Waals surface area contributed by atoms with Gasteiger partial charge in [0, 0.05) is 5.69 Å². The molecule has 0 aromatic heterocycles. The Hall–Kier alpha value is -2.33. The molecule has 1 aliphatic carbocycles. The van der Waals surface area contributed by atoms with Crippen LogP contribution in [0.4, 0.5) is 10.5 Å². The van der Waals surface area contributed by atoms with Gasteiger partial charge in [0.25, 0.3) is 0 Å². The zero-order valence-electron chi connectivity index (χ0n) is 14.2. The number of urea groups is 1. The lowest BCUT2D eigenvalue weighted by molar-refractivity contribution is 0.164. The van der Waals surface area contributed by atoms with Gasteiger partial charge in [-0.2, -0.15) is 0 Å². The molecule has 4 heteroatoms. The highest BCUT2D eigenvalue weighted by molar-refractivity contribution is 5.91. The van der Waals surface area contributed by atoms with Crippen LogP contribution in [0.15, 0.2) is 42.5 Å². The average Bonchev–Trinajstić information content (AvgIpc) is 2.96. The van der Waals surface area contributed by atoms with Crippen molar-refractivity contribution in [3.63, 3.8) is 0 Å². The van der Waals surface area contributed by atoms with E-state index in [1.54, 1.807) is 0 Å². The van der Waals surface area contributed by atoms with Crippen LogP contribution >= 0.6 is 0 Å². The zero-order valence-corrected chi connectivity index (χ0v) is 14.2. The van der Waals surface area contributed by atoms with E-state index in [4.69, 9.17) is 0 Å². The maximum absolute atomic E-state index is 12.6. The average molecular weight is 324 g/mol. The minimum absolute atomic E-state index is 0.105. The summed E-state index contributed by atoms with van der Waals surface area (Å²) < 4.78 is 0. The largest absolute Gasteiger partial charge is 0.394 e. The Morgan fingerprint density at radius 2 is 2.00 bits per heavy atom. The Balaban J connectivity index is 1.83. The van der Waals surface area contributed by atoms with Gasteiger partial charge in [-0.3, -0.25) is 0 Å². The highest BCUT2D eigenvalue weighted by Crippen LogP contribution is 2.36. The molecule has 0 spiro atoms. The SMILES string of the molecule is CCc1cccc(C)c1NC(=O)NC1(CO)CCc2ccccc21. The Morgan fingerprint density at radius 3 is 2.75 bits per heavy atom. The predicted molar refractivity (Wildman–Crippen MR) is 96.2 cm³/mol. The number of aliphatic hydroxyl groups excluding tert-OH is 1. The van der Waals surface area contributed by atoms with Crippen LogP contribution in [0.2, 0.25) is 0 Å². The minimum Gasteiger partial charge on any atom is -0.394 e. The number of aliphatic hydroxyl groups is 1. The predicted octanol–water partition coefficient (Wildman–Crippen LogP) is 3.51. The fourth-order valence-corrected chi connectivity index (χ4v) is 3.59. The van der Waals surface area contributed by atoms with E-state index in [-0.39, 0.29) is 12.6 Å². The highest BCUT2D eigenvalue weighted by atomic mass is 16.3. The summed E-state index contributed by atoms with van der Waals surface area (Å²) in [6, 6.07) is 13.7. The van der Waals surface area contributed by atoms with Crippen molar-refractivity contribution in [1.82, 2.24) is 5.32 Å². The quantitative estimate of drug-likeness (QED) is 0.806. The number of amides is 2. The molecule has 0 saturated carbocycles. The number of fused-ring (bicyclic) bond motifs is 1. The Bertz CT molecular complexity index is 757. The second-order valence-corrected chi connectivity index (χ2v) is 6.44. The lowest BCUT2D eigenvalue weighted by Gasteiger charge is -2.30. The number of carbonyl (C=O) groups excluding carboxylic acids is 1. The molecule has 24 heavy (non-hydrogen) atoms. The standard InChI is InChI=1S/C20H24N2O2/c1-3-15-9-6-7-14(2)18(15)21-19(24)22-20(13-23)12-11-16-8-4-5-10-17(16)20/h4-10,23H,3,11-13H2,1-2H3,(H2,21,22,24). The number of rotatable bonds is 4. The maximum Gasteiger partial charge on any atom is 0.320 e. The van der Waals surface area contributed by atoms with E-state index in [2.05, 4.69) is 23.6 Å². The molecule has 3 N–H and O–H groups in total. The molecule has 0 radical (unpaired) electrons. The number of anilines is 1. The number of nitrogens with one attached hydrogen (secondary N) is 2. The molecule has 3 rings (SSSR count). The van der Waals surface area contributed by atoms with Gasteiger partial charge in [0.1, 0.15) is 0 Å². The molecule has 2 amide bonds. The van der Waals surface area contributed by atoms with Crippen molar-refractivity contribution in [1.29, 1.82) is 0 Å². The Morgan fingerprint density at radius 1 is 1.21 bits per heavy atom. The summed E-state index contributed by atoms with van der Waals surface area (Å²) in [6.07, 6.45) is 2.43. The minimum atomic E-state index is -0.699. The Labute approximate surface area is 142 Å². The Kier molecular flexibility index (Phi) is 4.58. The summed E-state index contributed by atoms with van der Waals surface area (Å²) in [5.74, 6) is 0. The number of carbonyl (C=O) groups is 1. The van der Waals surface area contributed by atoms with Gasteiger partial charge in [0.15, 0.2) is 0 Å². The van der Waals surface area contributed by atoms with Gasteiger partial charge in [-0.1, -0.05) is 49.4 Å². The van der Waals surface area contributed by atoms with Crippen molar-refractivity contribution in [3.05, 3.63) is 64.7 Å². The molecule has 2 aromatic carbocycles. The van der Waals surface area contributed by atoms with E-state index in [1.165, 1.54) is 5.56 Å². The van der Waals surface area contributed by atoms with Gasteiger partial charge in [0.05, 0.1) is 12.1 Å². The van der Waals surface area contributed by atoms with Crippen LogP contribution in [0, 0.1) is 6.92 Å². The van der Waals surface area contributed by atoms with Gasteiger partial charge in [-0.05, 0) is 48.4 Å². The maximum atomic E-state index is 12.6. The highest BCUT2D eigenvalue weighted by Gasteiger charge is 2.39. The first kappa shape index (κ1) is 16.5. The van der Waals surface area contributed by atoms with E-state index in [0.29, 0.717) is 6.42 Å². The molecule has 1 atom stereocenters. The first-order valence-corrected chi connectivity index (χ1v) is 8.46.